The minimum atomic E-state index is -0.132. The van der Waals surface area contributed by atoms with E-state index in [1.165, 1.54) is 25.7 Å². The van der Waals surface area contributed by atoms with Crippen LogP contribution in [-0.4, -0.2) is 11.2 Å². The summed E-state index contributed by atoms with van der Waals surface area (Å²) < 4.78 is 0. The van der Waals surface area contributed by atoms with E-state index in [0.29, 0.717) is 16.7 Å². The Kier molecular flexibility index (Phi) is 3.44. The molecule has 0 aromatic carbocycles. The second kappa shape index (κ2) is 4.72. The molecule has 0 radical (unpaired) electrons. The third-order valence-corrected chi connectivity index (χ3v) is 7.47. The number of hydrogen-bond donors (Lipinski definition) is 1. The standard InChI is InChI=1S/C20H32O/c1-6-19(4)11-9-15-14(13-19)7-8-16-18(2,3)17(21)10-12-20(15,16)5/h6-7,15-17,21H,1,8-13H2,2-5H3/t15-,16+,17+,19-,20+/m1/s1. The van der Waals surface area contributed by atoms with Gasteiger partial charge in [0.1, 0.15) is 0 Å². The van der Waals surface area contributed by atoms with Crippen molar-refractivity contribution in [3.05, 3.63) is 24.3 Å². The van der Waals surface area contributed by atoms with Crippen LogP contribution < -0.4 is 0 Å². The van der Waals surface area contributed by atoms with E-state index in [2.05, 4.69) is 46.4 Å². The molecule has 0 unspecified atom stereocenters. The van der Waals surface area contributed by atoms with E-state index in [4.69, 9.17) is 0 Å². The Morgan fingerprint density at radius 1 is 1.19 bits per heavy atom. The van der Waals surface area contributed by atoms with Crippen LogP contribution in [0.25, 0.3) is 0 Å². The Balaban J connectivity index is 1.95. The zero-order chi connectivity index (χ0) is 15.5. The van der Waals surface area contributed by atoms with Crippen LogP contribution in [0.3, 0.4) is 0 Å². The van der Waals surface area contributed by atoms with E-state index in [9.17, 15) is 5.11 Å². The van der Waals surface area contributed by atoms with E-state index in [1.807, 2.05) is 0 Å². The first-order valence-electron chi connectivity index (χ1n) is 8.73. The molecule has 2 fully saturated rings. The maximum absolute atomic E-state index is 10.5. The highest BCUT2D eigenvalue weighted by Gasteiger charge is 2.56. The number of aliphatic hydroxyl groups excluding tert-OH is 1. The molecule has 0 aromatic rings. The summed E-state index contributed by atoms with van der Waals surface area (Å²) >= 11 is 0. The summed E-state index contributed by atoms with van der Waals surface area (Å²) in [4.78, 5) is 0. The number of rotatable bonds is 1. The lowest BCUT2D eigenvalue weighted by molar-refractivity contribution is -0.120. The van der Waals surface area contributed by atoms with Gasteiger partial charge in [-0.05, 0) is 66.6 Å². The first-order valence-corrected chi connectivity index (χ1v) is 8.73. The number of fused-ring (bicyclic) bond motifs is 3. The zero-order valence-electron chi connectivity index (χ0n) is 14.3. The SMILES string of the molecule is C=C[C@]1(C)CC[C@@H]2C(=CC[C@H]3C(C)(C)[C@@H](O)CC[C@@]23C)C1. The third-order valence-electron chi connectivity index (χ3n) is 7.47. The topological polar surface area (TPSA) is 20.2 Å². The Labute approximate surface area is 130 Å². The van der Waals surface area contributed by atoms with Crippen LogP contribution >= 0.6 is 0 Å². The summed E-state index contributed by atoms with van der Waals surface area (Å²) in [5.41, 5.74) is 2.42. The molecule has 0 heterocycles. The second-order valence-corrected chi connectivity index (χ2v) is 9.08. The van der Waals surface area contributed by atoms with Crippen molar-refractivity contribution in [3.63, 3.8) is 0 Å². The van der Waals surface area contributed by atoms with Crippen molar-refractivity contribution in [1.82, 2.24) is 0 Å². The maximum atomic E-state index is 10.5. The number of aliphatic hydroxyl groups is 1. The average molecular weight is 288 g/mol. The van der Waals surface area contributed by atoms with Gasteiger partial charge in [0.05, 0.1) is 6.10 Å². The Bertz CT molecular complexity index is 474. The fourth-order valence-electron chi connectivity index (χ4n) is 5.81. The molecule has 1 nitrogen and oxygen atoms in total. The molecule has 118 valence electrons. The van der Waals surface area contributed by atoms with E-state index in [1.54, 1.807) is 5.57 Å². The van der Waals surface area contributed by atoms with E-state index in [-0.39, 0.29) is 11.5 Å². The monoisotopic (exact) mass is 288 g/mol. The normalized spacial score (nSPS) is 48.8. The quantitative estimate of drug-likeness (QED) is 0.665. The molecule has 0 amide bonds. The first kappa shape index (κ1) is 15.3. The van der Waals surface area contributed by atoms with Gasteiger partial charge >= 0.3 is 0 Å². The summed E-state index contributed by atoms with van der Waals surface area (Å²) in [5, 5.41) is 10.5. The summed E-state index contributed by atoms with van der Waals surface area (Å²) in [7, 11) is 0. The molecule has 0 saturated heterocycles. The fraction of sp³-hybridized carbons (Fsp3) is 0.800. The molecule has 0 aromatic heterocycles. The molecular weight excluding hydrogens is 256 g/mol. The highest BCUT2D eigenvalue weighted by Crippen LogP contribution is 2.63. The van der Waals surface area contributed by atoms with Gasteiger partial charge in [0.15, 0.2) is 0 Å². The van der Waals surface area contributed by atoms with Crippen molar-refractivity contribution in [1.29, 1.82) is 0 Å². The molecule has 0 aliphatic heterocycles. The Hall–Kier alpha value is -0.560. The van der Waals surface area contributed by atoms with Crippen LogP contribution in [-0.2, 0) is 0 Å². The lowest BCUT2D eigenvalue weighted by Gasteiger charge is -2.60. The van der Waals surface area contributed by atoms with Crippen LogP contribution in [0.1, 0.15) is 66.2 Å². The van der Waals surface area contributed by atoms with Crippen LogP contribution in [0, 0.1) is 28.1 Å². The predicted octanol–water partition coefficient (Wildman–Crippen LogP) is 5.11. The first-order chi connectivity index (χ1) is 9.73. The van der Waals surface area contributed by atoms with Crippen molar-refractivity contribution in [2.75, 3.05) is 0 Å². The molecule has 0 bridgehead atoms. The molecule has 21 heavy (non-hydrogen) atoms. The lowest BCUT2D eigenvalue weighted by atomic mass is 9.45. The summed E-state index contributed by atoms with van der Waals surface area (Å²) in [5.74, 6) is 1.35. The van der Waals surface area contributed by atoms with Gasteiger partial charge in [0.2, 0.25) is 0 Å². The zero-order valence-corrected chi connectivity index (χ0v) is 14.3. The minimum absolute atomic E-state index is 0.0498. The van der Waals surface area contributed by atoms with Gasteiger partial charge in [-0.15, -0.1) is 6.58 Å². The molecular formula is C20H32O. The van der Waals surface area contributed by atoms with Gasteiger partial charge in [0.25, 0.3) is 0 Å². The molecule has 3 aliphatic carbocycles. The van der Waals surface area contributed by atoms with Gasteiger partial charge in [-0.1, -0.05) is 45.4 Å². The second-order valence-electron chi connectivity index (χ2n) is 9.08. The molecule has 3 aliphatic rings. The maximum Gasteiger partial charge on any atom is 0.0594 e. The van der Waals surface area contributed by atoms with Crippen molar-refractivity contribution in [3.8, 4) is 0 Å². The molecule has 0 spiro atoms. The number of allylic oxidation sites excluding steroid dienone is 3. The Morgan fingerprint density at radius 2 is 1.90 bits per heavy atom. The molecule has 5 atom stereocenters. The number of hydrogen-bond acceptors (Lipinski definition) is 1. The van der Waals surface area contributed by atoms with Crippen LogP contribution in [0.15, 0.2) is 24.3 Å². The lowest BCUT2D eigenvalue weighted by Crippen LogP contribution is -2.55. The molecule has 2 saturated carbocycles. The Morgan fingerprint density at radius 3 is 2.57 bits per heavy atom. The highest BCUT2D eigenvalue weighted by atomic mass is 16.3. The van der Waals surface area contributed by atoms with Gasteiger partial charge in [-0.2, -0.15) is 0 Å². The van der Waals surface area contributed by atoms with Crippen LogP contribution in [0.5, 0.6) is 0 Å². The average Bonchev–Trinajstić information content (AvgIpc) is 2.43. The van der Waals surface area contributed by atoms with Crippen molar-refractivity contribution in [2.24, 2.45) is 28.1 Å². The smallest absolute Gasteiger partial charge is 0.0594 e. The molecule has 3 rings (SSSR count). The summed E-state index contributed by atoms with van der Waals surface area (Å²) in [6.07, 6.45) is 11.7. The van der Waals surface area contributed by atoms with E-state index in [0.717, 1.165) is 18.8 Å². The van der Waals surface area contributed by atoms with Gasteiger partial charge < -0.3 is 5.11 Å². The summed E-state index contributed by atoms with van der Waals surface area (Å²) in [6.45, 7) is 13.5. The minimum Gasteiger partial charge on any atom is -0.393 e. The summed E-state index contributed by atoms with van der Waals surface area (Å²) in [6, 6.07) is 0. The largest absolute Gasteiger partial charge is 0.393 e. The van der Waals surface area contributed by atoms with Crippen LogP contribution in [0.4, 0.5) is 0 Å². The van der Waals surface area contributed by atoms with Crippen LogP contribution in [0.2, 0.25) is 0 Å². The van der Waals surface area contributed by atoms with Gasteiger partial charge in [-0.3, -0.25) is 0 Å². The van der Waals surface area contributed by atoms with Gasteiger partial charge in [0, 0.05) is 0 Å². The molecule has 1 heteroatoms. The fourth-order valence-corrected chi connectivity index (χ4v) is 5.81. The van der Waals surface area contributed by atoms with Crippen molar-refractivity contribution >= 4 is 0 Å². The van der Waals surface area contributed by atoms with Crippen molar-refractivity contribution in [2.45, 2.75) is 72.3 Å². The van der Waals surface area contributed by atoms with E-state index < -0.39 is 0 Å². The third kappa shape index (κ3) is 2.15. The predicted molar refractivity (Wildman–Crippen MR) is 89.0 cm³/mol. The highest BCUT2D eigenvalue weighted by molar-refractivity contribution is 5.25. The van der Waals surface area contributed by atoms with Crippen molar-refractivity contribution < 1.29 is 5.11 Å². The van der Waals surface area contributed by atoms with E-state index >= 15 is 0 Å². The molecule has 1 N–H and O–H groups in total. The van der Waals surface area contributed by atoms with Gasteiger partial charge in [-0.25, -0.2) is 0 Å².